The molecule has 0 radical (unpaired) electrons. The molecule has 4 saturated carbocycles. The van der Waals surface area contributed by atoms with Gasteiger partial charge in [-0.2, -0.15) is 0 Å². The summed E-state index contributed by atoms with van der Waals surface area (Å²) in [6.45, 7) is 4.78. The molecule has 0 amide bonds. The van der Waals surface area contributed by atoms with Crippen LogP contribution in [-0.4, -0.2) is 17.9 Å². The van der Waals surface area contributed by atoms with Crippen molar-refractivity contribution < 1.29 is 14.3 Å². The van der Waals surface area contributed by atoms with Crippen LogP contribution in [0.15, 0.2) is 24.3 Å². The van der Waals surface area contributed by atoms with Crippen LogP contribution in [0.5, 0.6) is 0 Å². The SMILES string of the molecule is C[C@]12CC[C@@H](OC(=O)c3cccc(I)c3)C[C@@H]1CC[C@H]1[C@H]2CC[C@@]2(C)C(=O)CC[C@H]12. The Kier molecular flexibility index (Phi) is 5.31. The normalized spacial score (nSPS) is 42.8. The number of esters is 1. The Labute approximate surface area is 193 Å². The Balaban J connectivity index is 1.28. The molecule has 7 atom stereocenters. The number of benzene rings is 1. The van der Waals surface area contributed by atoms with E-state index in [9.17, 15) is 9.59 Å². The minimum absolute atomic E-state index is 0.0374. The summed E-state index contributed by atoms with van der Waals surface area (Å²) < 4.78 is 7.04. The second-order valence-electron chi connectivity index (χ2n) is 10.9. The summed E-state index contributed by atoms with van der Waals surface area (Å²) in [5.41, 5.74) is 0.974. The Morgan fingerprint density at radius 2 is 1.90 bits per heavy atom. The lowest BCUT2D eigenvalue weighted by atomic mass is 9.45. The lowest BCUT2D eigenvalue weighted by molar-refractivity contribution is -0.142. The minimum atomic E-state index is -0.172. The van der Waals surface area contributed by atoms with Gasteiger partial charge in [0.25, 0.3) is 0 Å². The van der Waals surface area contributed by atoms with Crippen molar-refractivity contribution in [1.29, 1.82) is 0 Å². The number of hydrogen-bond donors (Lipinski definition) is 0. The molecule has 5 rings (SSSR count). The molecule has 30 heavy (non-hydrogen) atoms. The van der Waals surface area contributed by atoms with Crippen molar-refractivity contribution in [2.24, 2.45) is 34.5 Å². The summed E-state index contributed by atoms with van der Waals surface area (Å²) in [4.78, 5) is 25.3. The lowest BCUT2D eigenvalue weighted by Crippen LogP contribution is -2.54. The third-order valence-electron chi connectivity index (χ3n) is 9.66. The summed E-state index contributed by atoms with van der Waals surface area (Å²) in [5.74, 6) is 3.08. The van der Waals surface area contributed by atoms with Gasteiger partial charge >= 0.3 is 5.97 Å². The van der Waals surface area contributed by atoms with Gasteiger partial charge in [-0.15, -0.1) is 0 Å². The summed E-state index contributed by atoms with van der Waals surface area (Å²) in [7, 11) is 0. The third kappa shape index (κ3) is 3.27. The van der Waals surface area contributed by atoms with Crippen LogP contribution < -0.4 is 0 Å². The van der Waals surface area contributed by atoms with E-state index in [4.69, 9.17) is 4.74 Å². The van der Waals surface area contributed by atoms with Gasteiger partial charge < -0.3 is 4.74 Å². The van der Waals surface area contributed by atoms with E-state index < -0.39 is 0 Å². The molecule has 4 aliphatic carbocycles. The Bertz CT molecular complexity index is 866. The van der Waals surface area contributed by atoms with Crippen molar-refractivity contribution in [3.63, 3.8) is 0 Å². The van der Waals surface area contributed by atoms with Gasteiger partial charge in [0.2, 0.25) is 0 Å². The first-order chi connectivity index (χ1) is 14.3. The predicted molar refractivity (Wildman–Crippen MR) is 125 cm³/mol. The van der Waals surface area contributed by atoms with Crippen molar-refractivity contribution in [2.75, 3.05) is 0 Å². The van der Waals surface area contributed by atoms with Crippen LogP contribution in [0.3, 0.4) is 0 Å². The number of ether oxygens (including phenoxy) is 1. The molecule has 162 valence electrons. The average molecular weight is 520 g/mol. The highest BCUT2D eigenvalue weighted by Gasteiger charge is 2.60. The van der Waals surface area contributed by atoms with Crippen molar-refractivity contribution in [1.82, 2.24) is 0 Å². The average Bonchev–Trinajstić information content (AvgIpc) is 3.03. The number of carbonyl (C=O) groups is 2. The first-order valence-corrected chi connectivity index (χ1v) is 12.9. The fraction of sp³-hybridized carbons (Fsp3) is 0.692. The maximum absolute atomic E-state index is 12.7. The molecule has 0 spiro atoms. The van der Waals surface area contributed by atoms with Gasteiger partial charge in [0.05, 0.1) is 5.56 Å². The van der Waals surface area contributed by atoms with Crippen molar-refractivity contribution in [2.45, 2.75) is 77.7 Å². The monoisotopic (exact) mass is 520 g/mol. The van der Waals surface area contributed by atoms with Crippen LogP contribution in [0, 0.1) is 38.1 Å². The number of ketones is 1. The summed E-state index contributed by atoms with van der Waals surface area (Å²) in [6, 6.07) is 7.67. The quantitative estimate of drug-likeness (QED) is 0.334. The number of fused-ring (bicyclic) bond motifs is 5. The number of carbonyl (C=O) groups excluding carboxylic acids is 2. The van der Waals surface area contributed by atoms with E-state index in [2.05, 4.69) is 36.4 Å². The van der Waals surface area contributed by atoms with Crippen molar-refractivity contribution >= 4 is 34.3 Å². The van der Waals surface area contributed by atoms with E-state index in [1.54, 1.807) is 0 Å². The zero-order valence-electron chi connectivity index (χ0n) is 18.2. The van der Waals surface area contributed by atoms with E-state index in [-0.39, 0.29) is 17.5 Å². The maximum Gasteiger partial charge on any atom is 0.338 e. The number of halogens is 1. The predicted octanol–water partition coefficient (Wildman–Crippen LogP) is 6.43. The van der Waals surface area contributed by atoms with E-state index in [0.717, 1.165) is 53.9 Å². The molecule has 0 bridgehead atoms. The first kappa shape index (κ1) is 21.0. The largest absolute Gasteiger partial charge is 0.459 e. The van der Waals surface area contributed by atoms with Gasteiger partial charge in [-0.05, 0) is 121 Å². The number of hydrogen-bond acceptors (Lipinski definition) is 3. The van der Waals surface area contributed by atoms with Crippen LogP contribution in [0.25, 0.3) is 0 Å². The lowest BCUT2D eigenvalue weighted by Gasteiger charge is -2.60. The Morgan fingerprint density at radius 3 is 2.70 bits per heavy atom. The molecule has 0 N–H and O–H groups in total. The molecule has 1 aromatic rings. The summed E-state index contributed by atoms with van der Waals surface area (Å²) >= 11 is 2.24. The van der Waals surface area contributed by atoms with Gasteiger partial charge in [-0.25, -0.2) is 4.79 Å². The fourth-order valence-corrected chi connectivity index (χ4v) is 8.47. The molecular weight excluding hydrogens is 487 g/mol. The summed E-state index contributed by atoms with van der Waals surface area (Å²) in [6.07, 6.45) is 9.91. The van der Waals surface area contributed by atoms with Crippen LogP contribution in [0.4, 0.5) is 0 Å². The molecule has 4 aliphatic rings. The molecule has 0 aliphatic heterocycles. The highest BCUT2D eigenvalue weighted by atomic mass is 127. The first-order valence-electron chi connectivity index (χ1n) is 11.8. The Morgan fingerprint density at radius 1 is 1.07 bits per heavy atom. The van der Waals surface area contributed by atoms with Gasteiger partial charge in [-0.1, -0.05) is 19.9 Å². The number of rotatable bonds is 2. The standard InChI is InChI=1S/C26H33IO3/c1-25-12-10-19(30-24(29)16-4-3-5-18(27)14-16)15-17(25)6-7-20-21-8-9-23(28)26(21,2)13-11-22(20)25/h3-5,14,17,19-22H,6-13,15H2,1-2H3/t17-,19+,20+,21+,22+,25-,26+/m0/s1. The molecule has 0 aromatic heterocycles. The van der Waals surface area contributed by atoms with E-state index in [1.807, 2.05) is 24.3 Å². The topological polar surface area (TPSA) is 43.4 Å². The van der Waals surface area contributed by atoms with Gasteiger partial charge in [0.15, 0.2) is 0 Å². The molecule has 1 aromatic carbocycles. The third-order valence-corrected chi connectivity index (χ3v) is 10.3. The molecule has 3 nitrogen and oxygen atoms in total. The van der Waals surface area contributed by atoms with Crippen LogP contribution in [0.2, 0.25) is 0 Å². The van der Waals surface area contributed by atoms with Crippen LogP contribution in [0.1, 0.15) is 82.0 Å². The highest BCUT2D eigenvalue weighted by molar-refractivity contribution is 14.1. The Hall–Kier alpha value is -0.910. The van der Waals surface area contributed by atoms with Crippen LogP contribution >= 0.6 is 22.6 Å². The minimum Gasteiger partial charge on any atom is -0.459 e. The second-order valence-corrected chi connectivity index (χ2v) is 12.1. The zero-order chi connectivity index (χ0) is 21.1. The molecule has 0 unspecified atom stereocenters. The van der Waals surface area contributed by atoms with Gasteiger partial charge in [-0.3, -0.25) is 4.79 Å². The van der Waals surface area contributed by atoms with E-state index in [1.165, 1.54) is 19.3 Å². The second kappa shape index (κ2) is 7.60. The number of Topliss-reactive ketones (excluding diaryl/α,β-unsaturated/α-hetero) is 1. The molecule has 4 heteroatoms. The molecular formula is C26H33IO3. The molecule has 0 saturated heterocycles. The van der Waals surface area contributed by atoms with E-state index >= 15 is 0 Å². The highest BCUT2D eigenvalue weighted by Crippen LogP contribution is 2.65. The van der Waals surface area contributed by atoms with Gasteiger partial charge in [0, 0.05) is 15.4 Å². The molecule has 0 heterocycles. The maximum atomic E-state index is 12.7. The van der Waals surface area contributed by atoms with E-state index in [0.29, 0.717) is 28.6 Å². The van der Waals surface area contributed by atoms with Crippen molar-refractivity contribution in [3.05, 3.63) is 33.4 Å². The zero-order valence-corrected chi connectivity index (χ0v) is 20.3. The molecule has 4 fully saturated rings. The smallest absolute Gasteiger partial charge is 0.338 e. The van der Waals surface area contributed by atoms with Gasteiger partial charge in [0.1, 0.15) is 11.9 Å². The fourth-order valence-electron chi connectivity index (χ4n) is 7.93. The van der Waals surface area contributed by atoms with Crippen LogP contribution in [-0.2, 0) is 9.53 Å². The van der Waals surface area contributed by atoms with Crippen molar-refractivity contribution in [3.8, 4) is 0 Å². The summed E-state index contributed by atoms with van der Waals surface area (Å²) in [5, 5.41) is 0.